The largest absolute Gasteiger partial charge is 0.387 e. The van der Waals surface area contributed by atoms with Crippen molar-refractivity contribution in [2.75, 3.05) is 13.2 Å². The van der Waals surface area contributed by atoms with Gasteiger partial charge in [0, 0.05) is 0 Å². The van der Waals surface area contributed by atoms with Crippen molar-refractivity contribution in [1.82, 2.24) is 0 Å². The van der Waals surface area contributed by atoms with Crippen molar-refractivity contribution < 1.29 is 14.9 Å². The molecule has 2 atom stereocenters. The third kappa shape index (κ3) is 4.46. The first kappa shape index (κ1) is 9.58. The lowest BCUT2D eigenvalue weighted by atomic mass is 10.3. The molecule has 0 fully saturated rings. The summed E-state index contributed by atoms with van der Waals surface area (Å²) in [6.07, 6.45) is -0.694. The lowest BCUT2D eigenvalue weighted by Gasteiger charge is -2.12. The van der Waals surface area contributed by atoms with Crippen molar-refractivity contribution in [3.8, 4) is 0 Å². The molecule has 0 saturated carbocycles. The van der Waals surface area contributed by atoms with Crippen LogP contribution in [0.25, 0.3) is 0 Å². The average molecular weight is 147 g/mol. The Bertz CT molecular complexity index is 95.0. The van der Waals surface area contributed by atoms with E-state index in [1.807, 2.05) is 0 Å². The van der Waals surface area contributed by atoms with Gasteiger partial charge in [-0.2, -0.15) is 0 Å². The molecule has 2 unspecified atom stereocenters. The molecule has 0 aliphatic heterocycles. The van der Waals surface area contributed by atoms with Crippen LogP contribution in [-0.2, 0) is 4.74 Å². The number of hydrogen-bond acceptors (Lipinski definition) is 4. The minimum atomic E-state index is -1.23. The first-order chi connectivity index (χ1) is 4.68. The van der Waals surface area contributed by atoms with E-state index in [0.29, 0.717) is 6.61 Å². The molecule has 0 aliphatic carbocycles. The highest BCUT2D eigenvalue weighted by atomic mass is 16.5. The summed E-state index contributed by atoms with van der Waals surface area (Å²) in [7, 11) is 0. The number of aliphatic hydroxyl groups is 2. The molecule has 0 aliphatic rings. The highest BCUT2D eigenvalue weighted by Gasteiger charge is 2.09. The number of rotatable bonds is 5. The summed E-state index contributed by atoms with van der Waals surface area (Å²) >= 11 is 0. The molecule has 4 nitrogen and oxygen atoms in total. The van der Waals surface area contributed by atoms with Gasteiger partial charge in [-0.15, -0.1) is 6.58 Å². The van der Waals surface area contributed by atoms with Gasteiger partial charge in [0.25, 0.3) is 0 Å². The third-order valence-electron chi connectivity index (χ3n) is 0.919. The van der Waals surface area contributed by atoms with E-state index < -0.39 is 12.3 Å². The van der Waals surface area contributed by atoms with Gasteiger partial charge < -0.3 is 20.7 Å². The van der Waals surface area contributed by atoms with Gasteiger partial charge >= 0.3 is 0 Å². The maximum atomic E-state index is 8.82. The molecule has 0 amide bonds. The topological polar surface area (TPSA) is 75.7 Å². The van der Waals surface area contributed by atoms with E-state index in [4.69, 9.17) is 20.7 Å². The van der Waals surface area contributed by atoms with Gasteiger partial charge in [0.1, 0.15) is 12.3 Å². The number of hydrogen-bond donors (Lipinski definition) is 3. The highest BCUT2D eigenvalue weighted by molar-refractivity contribution is 4.65. The van der Waals surface area contributed by atoms with Gasteiger partial charge in [-0.1, -0.05) is 6.08 Å². The number of nitrogens with two attached hydrogens (primary N) is 1. The normalized spacial score (nSPS) is 16.3. The van der Waals surface area contributed by atoms with Gasteiger partial charge in [-0.25, -0.2) is 0 Å². The monoisotopic (exact) mass is 147 g/mol. The van der Waals surface area contributed by atoms with Crippen LogP contribution >= 0.6 is 0 Å². The zero-order valence-corrected chi connectivity index (χ0v) is 5.73. The van der Waals surface area contributed by atoms with Crippen LogP contribution in [0.3, 0.4) is 0 Å². The third-order valence-corrected chi connectivity index (χ3v) is 0.919. The van der Waals surface area contributed by atoms with Crippen LogP contribution in [0.5, 0.6) is 0 Å². The zero-order valence-electron chi connectivity index (χ0n) is 5.73. The first-order valence-corrected chi connectivity index (χ1v) is 2.99. The number of ether oxygens (including phenoxy) is 1. The summed E-state index contributed by atoms with van der Waals surface area (Å²) in [5.41, 5.74) is 4.92. The standard InChI is InChI=1S/C6H13NO3/c1-2-3-10-4-5(8)6(7)9/h2,5-6,8-9H,1,3-4,7H2. The Hall–Kier alpha value is -0.420. The minimum absolute atomic E-state index is 0.0314. The van der Waals surface area contributed by atoms with E-state index in [9.17, 15) is 0 Å². The predicted molar refractivity (Wildman–Crippen MR) is 37.2 cm³/mol. The summed E-state index contributed by atoms with van der Waals surface area (Å²) < 4.78 is 4.80. The van der Waals surface area contributed by atoms with Crippen LogP contribution < -0.4 is 5.73 Å². The smallest absolute Gasteiger partial charge is 0.130 e. The lowest BCUT2D eigenvalue weighted by Crippen LogP contribution is -2.37. The molecule has 0 aromatic heterocycles. The molecule has 0 aromatic carbocycles. The molecule has 4 N–H and O–H groups in total. The molecule has 4 heteroatoms. The van der Waals surface area contributed by atoms with Crippen molar-refractivity contribution in [1.29, 1.82) is 0 Å². The second-order valence-corrected chi connectivity index (χ2v) is 1.88. The summed E-state index contributed by atoms with van der Waals surface area (Å²) in [5, 5.41) is 17.4. The molecule has 0 heterocycles. The fourth-order valence-electron chi connectivity index (χ4n) is 0.371. The van der Waals surface area contributed by atoms with E-state index in [-0.39, 0.29) is 6.61 Å². The summed E-state index contributed by atoms with van der Waals surface area (Å²) in [6, 6.07) is 0. The van der Waals surface area contributed by atoms with Gasteiger partial charge in [0.15, 0.2) is 0 Å². The molecule has 0 saturated heterocycles. The molecule has 0 radical (unpaired) electrons. The molecule has 0 aromatic rings. The Morgan fingerprint density at radius 1 is 1.60 bits per heavy atom. The summed E-state index contributed by atoms with van der Waals surface area (Å²) in [5.74, 6) is 0. The van der Waals surface area contributed by atoms with E-state index >= 15 is 0 Å². The molecular formula is C6H13NO3. The Morgan fingerprint density at radius 2 is 2.20 bits per heavy atom. The number of aliphatic hydroxyl groups excluding tert-OH is 2. The van der Waals surface area contributed by atoms with Gasteiger partial charge in [0.05, 0.1) is 13.2 Å². The minimum Gasteiger partial charge on any atom is -0.387 e. The fraction of sp³-hybridized carbons (Fsp3) is 0.667. The highest BCUT2D eigenvalue weighted by Crippen LogP contribution is 1.87. The van der Waals surface area contributed by atoms with Crippen LogP contribution in [-0.4, -0.2) is 35.8 Å². The van der Waals surface area contributed by atoms with Crippen molar-refractivity contribution in [2.24, 2.45) is 5.73 Å². The Labute approximate surface area is 59.9 Å². The summed E-state index contributed by atoms with van der Waals surface area (Å²) in [4.78, 5) is 0. The first-order valence-electron chi connectivity index (χ1n) is 2.99. The molecule has 0 bridgehead atoms. The Morgan fingerprint density at radius 3 is 2.60 bits per heavy atom. The van der Waals surface area contributed by atoms with Crippen molar-refractivity contribution in [3.63, 3.8) is 0 Å². The Balaban J connectivity index is 3.21. The van der Waals surface area contributed by atoms with Crippen LogP contribution in [0.1, 0.15) is 0 Å². The van der Waals surface area contributed by atoms with Crippen LogP contribution in [0.4, 0.5) is 0 Å². The van der Waals surface area contributed by atoms with Crippen LogP contribution in [0.15, 0.2) is 12.7 Å². The van der Waals surface area contributed by atoms with Gasteiger partial charge in [0.2, 0.25) is 0 Å². The van der Waals surface area contributed by atoms with Crippen molar-refractivity contribution in [2.45, 2.75) is 12.3 Å². The maximum Gasteiger partial charge on any atom is 0.130 e. The summed E-state index contributed by atoms with van der Waals surface area (Å²) in [6.45, 7) is 3.78. The second-order valence-electron chi connectivity index (χ2n) is 1.88. The van der Waals surface area contributed by atoms with Crippen LogP contribution in [0, 0.1) is 0 Å². The van der Waals surface area contributed by atoms with Crippen molar-refractivity contribution >= 4 is 0 Å². The van der Waals surface area contributed by atoms with E-state index in [2.05, 4.69) is 6.58 Å². The molecule has 10 heavy (non-hydrogen) atoms. The van der Waals surface area contributed by atoms with Gasteiger partial charge in [-0.05, 0) is 0 Å². The second kappa shape index (κ2) is 5.37. The van der Waals surface area contributed by atoms with Crippen molar-refractivity contribution in [3.05, 3.63) is 12.7 Å². The zero-order chi connectivity index (χ0) is 7.98. The van der Waals surface area contributed by atoms with E-state index in [0.717, 1.165) is 0 Å². The molecular weight excluding hydrogens is 134 g/mol. The van der Waals surface area contributed by atoms with Gasteiger partial charge in [-0.3, -0.25) is 0 Å². The van der Waals surface area contributed by atoms with E-state index in [1.54, 1.807) is 6.08 Å². The SMILES string of the molecule is C=CCOCC(O)C(N)O. The maximum absolute atomic E-state index is 8.82. The average Bonchev–Trinajstić information content (AvgIpc) is 1.88. The lowest BCUT2D eigenvalue weighted by molar-refractivity contribution is -0.0295. The fourth-order valence-corrected chi connectivity index (χ4v) is 0.371. The molecule has 0 spiro atoms. The molecule has 60 valence electrons. The van der Waals surface area contributed by atoms with Crippen LogP contribution in [0.2, 0.25) is 0 Å². The van der Waals surface area contributed by atoms with E-state index in [1.165, 1.54) is 0 Å². The Kier molecular flexibility index (Phi) is 5.15. The quantitative estimate of drug-likeness (QED) is 0.260. The molecule has 0 rings (SSSR count). The predicted octanol–water partition coefficient (Wildman–Crippen LogP) is -1.17.